The zero-order valence-corrected chi connectivity index (χ0v) is 16.1. The average molecular weight is 341 g/mol. The largest absolute Gasteiger partial charge is 0.378 e. The molecule has 1 aromatic carbocycles. The lowest BCUT2D eigenvalue weighted by Gasteiger charge is -2.29. The Balaban J connectivity index is 1.42. The third kappa shape index (κ3) is 5.45. The highest BCUT2D eigenvalue weighted by Crippen LogP contribution is 2.33. The fourth-order valence-corrected chi connectivity index (χ4v) is 4.66. The van der Waals surface area contributed by atoms with Crippen molar-refractivity contribution in [3.8, 4) is 0 Å². The van der Waals surface area contributed by atoms with E-state index in [1.807, 2.05) is 0 Å². The van der Waals surface area contributed by atoms with Crippen LogP contribution in [0.3, 0.4) is 0 Å². The van der Waals surface area contributed by atoms with Crippen molar-refractivity contribution in [3.63, 3.8) is 0 Å². The molecule has 1 aromatic rings. The van der Waals surface area contributed by atoms with Gasteiger partial charge in [-0.2, -0.15) is 0 Å². The van der Waals surface area contributed by atoms with E-state index in [4.69, 9.17) is 4.74 Å². The molecule has 1 heterocycles. The van der Waals surface area contributed by atoms with Gasteiger partial charge in [-0.1, -0.05) is 43.7 Å². The summed E-state index contributed by atoms with van der Waals surface area (Å²) in [5, 5.41) is 0. The Hall–Kier alpha value is -1.08. The number of benzene rings is 1. The Morgan fingerprint density at radius 1 is 1.00 bits per heavy atom. The van der Waals surface area contributed by atoms with Gasteiger partial charge in [0.25, 0.3) is 0 Å². The van der Waals surface area contributed by atoms with Gasteiger partial charge in [0.1, 0.15) is 0 Å². The summed E-state index contributed by atoms with van der Waals surface area (Å²) in [5.41, 5.74) is 2.99. The van der Waals surface area contributed by atoms with E-state index in [0.717, 1.165) is 18.4 Å². The number of rotatable bonds is 7. The number of aryl methyl sites for hydroxylation is 1. The lowest BCUT2D eigenvalue weighted by atomic mass is 9.79. The Kier molecular flexibility index (Phi) is 7.16. The predicted molar refractivity (Wildman–Crippen MR) is 107 cm³/mol. The average Bonchev–Trinajstić information content (AvgIpc) is 2.68. The molecule has 1 aliphatic heterocycles. The molecule has 138 valence electrons. The molecule has 0 N–H and O–H groups in total. The smallest absolute Gasteiger partial charge is 0.0575 e. The van der Waals surface area contributed by atoms with Crippen LogP contribution in [0.25, 0.3) is 0 Å². The van der Waals surface area contributed by atoms with Crippen molar-refractivity contribution in [2.45, 2.75) is 83.2 Å². The van der Waals surface area contributed by atoms with Crippen LogP contribution in [0.4, 0.5) is 0 Å². The van der Waals surface area contributed by atoms with E-state index in [2.05, 4.69) is 43.8 Å². The van der Waals surface area contributed by atoms with Gasteiger partial charge in [-0.3, -0.25) is 0 Å². The first-order valence-electron chi connectivity index (χ1n) is 10.6. The molecule has 0 bridgehead atoms. The van der Waals surface area contributed by atoms with Crippen LogP contribution in [0.5, 0.6) is 0 Å². The normalized spacial score (nSPS) is 30.1. The van der Waals surface area contributed by atoms with Crippen molar-refractivity contribution in [2.75, 3.05) is 6.61 Å². The van der Waals surface area contributed by atoms with Crippen LogP contribution < -0.4 is 0 Å². The summed E-state index contributed by atoms with van der Waals surface area (Å²) in [7, 11) is 0. The minimum absolute atomic E-state index is 0.511. The molecule has 1 aliphatic carbocycles. The predicted octanol–water partition coefficient (Wildman–Crippen LogP) is 6.67. The standard InChI is InChI=1S/C24H36O/c1-3-5-24-17-16-23(18-25-24)22-14-12-21(13-15-22)11-10-20-8-6-19(4-2)7-9-20/h4,12-15,19-20,23-24H,2-3,5-11,16-18H2,1H3. The fraction of sp³-hybridized carbons (Fsp3) is 0.667. The summed E-state index contributed by atoms with van der Waals surface area (Å²) in [6, 6.07) is 9.45. The second-order valence-corrected chi connectivity index (χ2v) is 8.32. The van der Waals surface area contributed by atoms with Gasteiger partial charge in [-0.05, 0) is 80.8 Å². The molecule has 2 aliphatic rings. The maximum atomic E-state index is 6.05. The lowest BCUT2D eigenvalue weighted by Crippen LogP contribution is -2.24. The van der Waals surface area contributed by atoms with Crippen LogP contribution in [0, 0.1) is 11.8 Å². The van der Waals surface area contributed by atoms with E-state index < -0.39 is 0 Å². The second kappa shape index (κ2) is 9.57. The summed E-state index contributed by atoms with van der Waals surface area (Å²) in [5.74, 6) is 2.32. The quantitative estimate of drug-likeness (QED) is 0.503. The Labute approximate surface area is 154 Å². The maximum absolute atomic E-state index is 6.05. The van der Waals surface area contributed by atoms with Crippen molar-refractivity contribution in [3.05, 3.63) is 48.0 Å². The molecule has 0 aromatic heterocycles. The molecule has 1 nitrogen and oxygen atoms in total. The highest BCUT2D eigenvalue weighted by Gasteiger charge is 2.22. The molecule has 0 amide bonds. The van der Waals surface area contributed by atoms with Crippen LogP contribution in [-0.4, -0.2) is 12.7 Å². The summed E-state index contributed by atoms with van der Waals surface area (Å²) < 4.78 is 6.05. The van der Waals surface area contributed by atoms with Gasteiger partial charge < -0.3 is 4.74 Å². The minimum Gasteiger partial charge on any atom is -0.378 e. The molecule has 0 radical (unpaired) electrons. The lowest BCUT2D eigenvalue weighted by molar-refractivity contribution is -0.00111. The van der Waals surface area contributed by atoms with Crippen molar-refractivity contribution >= 4 is 0 Å². The molecule has 2 atom stereocenters. The first-order chi connectivity index (χ1) is 12.3. The second-order valence-electron chi connectivity index (χ2n) is 8.32. The minimum atomic E-state index is 0.511. The van der Waals surface area contributed by atoms with E-state index in [1.54, 1.807) is 0 Å². The van der Waals surface area contributed by atoms with Gasteiger partial charge in [0.2, 0.25) is 0 Å². The van der Waals surface area contributed by atoms with E-state index in [9.17, 15) is 0 Å². The van der Waals surface area contributed by atoms with Crippen molar-refractivity contribution in [2.24, 2.45) is 11.8 Å². The monoisotopic (exact) mass is 340 g/mol. The fourth-order valence-electron chi connectivity index (χ4n) is 4.66. The van der Waals surface area contributed by atoms with Gasteiger partial charge >= 0.3 is 0 Å². The van der Waals surface area contributed by atoms with Crippen molar-refractivity contribution in [1.82, 2.24) is 0 Å². The van der Waals surface area contributed by atoms with Crippen LogP contribution in [0.15, 0.2) is 36.9 Å². The molecular weight excluding hydrogens is 304 g/mol. The van der Waals surface area contributed by atoms with Gasteiger partial charge in [0, 0.05) is 5.92 Å². The van der Waals surface area contributed by atoms with Gasteiger partial charge in [-0.15, -0.1) is 6.58 Å². The Morgan fingerprint density at radius 2 is 1.76 bits per heavy atom. The third-order valence-corrected chi connectivity index (χ3v) is 6.50. The molecular formula is C24H36O. The zero-order valence-electron chi connectivity index (χ0n) is 16.1. The first kappa shape index (κ1) is 18.7. The molecule has 2 fully saturated rings. The molecule has 0 spiro atoms. The highest BCUT2D eigenvalue weighted by atomic mass is 16.5. The summed E-state index contributed by atoms with van der Waals surface area (Å²) >= 11 is 0. The SMILES string of the molecule is C=CC1CCC(CCc2ccc(C3CCC(CCC)OC3)cc2)CC1. The zero-order chi connectivity index (χ0) is 17.5. The van der Waals surface area contributed by atoms with Crippen LogP contribution >= 0.6 is 0 Å². The van der Waals surface area contributed by atoms with Gasteiger partial charge in [-0.25, -0.2) is 0 Å². The maximum Gasteiger partial charge on any atom is 0.0575 e. The Bertz CT molecular complexity index is 501. The number of allylic oxidation sites excluding steroid dienone is 1. The summed E-state index contributed by atoms with van der Waals surface area (Å²) in [6.45, 7) is 7.12. The molecule has 1 saturated heterocycles. The van der Waals surface area contributed by atoms with Gasteiger partial charge in [0.15, 0.2) is 0 Å². The van der Waals surface area contributed by atoms with E-state index in [1.165, 1.54) is 75.3 Å². The van der Waals surface area contributed by atoms with E-state index in [0.29, 0.717) is 12.0 Å². The van der Waals surface area contributed by atoms with Crippen molar-refractivity contribution in [1.29, 1.82) is 0 Å². The van der Waals surface area contributed by atoms with Crippen LogP contribution in [0.2, 0.25) is 0 Å². The molecule has 25 heavy (non-hydrogen) atoms. The summed E-state index contributed by atoms with van der Waals surface area (Å²) in [6.07, 6.45) is 15.7. The topological polar surface area (TPSA) is 9.23 Å². The third-order valence-electron chi connectivity index (χ3n) is 6.50. The summed E-state index contributed by atoms with van der Waals surface area (Å²) in [4.78, 5) is 0. The number of ether oxygens (including phenoxy) is 1. The highest BCUT2D eigenvalue weighted by molar-refractivity contribution is 5.26. The van der Waals surface area contributed by atoms with E-state index in [-0.39, 0.29) is 0 Å². The number of hydrogen-bond donors (Lipinski definition) is 0. The van der Waals surface area contributed by atoms with E-state index >= 15 is 0 Å². The Morgan fingerprint density at radius 3 is 2.36 bits per heavy atom. The molecule has 1 saturated carbocycles. The molecule has 2 unspecified atom stereocenters. The molecule has 1 heteroatoms. The first-order valence-corrected chi connectivity index (χ1v) is 10.6. The van der Waals surface area contributed by atoms with Crippen molar-refractivity contribution < 1.29 is 4.74 Å². The van der Waals surface area contributed by atoms with Crippen LogP contribution in [-0.2, 0) is 11.2 Å². The number of hydrogen-bond acceptors (Lipinski definition) is 1. The molecule has 3 rings (SSSR count). The van der Waals surface area contributed by atoms with Gasteiger partial charge in [0.05, 0.1) is 12.7 Å². The van der Waals surface area contributed by atoms with Crippen LogP contribution in [0.1, 0.15) is 81.8 Å².